The van der Waals surface area contributed by atoms with Gasteiger partial charge < -0.3 is 4.90 Å². The van der Waals surface area contributed by atoms with Gasteiger partial charge in [-0.1, -0.05) is 0 Å². The van der Waals surface area contributed by atoms with Gasteiger partial charge in [-0.3, -0.25) is 4.98 Å². The second kappa shape index (κ2) is 6.29. The molecule has 18 heavy (non-hydrogen) atoms. The number of thiophene rings is 1. The molecule has 2 heterocycles. The van der Waals surface area contributed by atoms with Crippen molar-refractivity contribution in [2.75, 3.05) is 13.6 Å². The minimum absolute atomic E-state index is 0.762. The first-order chi connectivity index (χ1) is 8.78. The fourth-order valence-electron chi connectivity index (χ4n) is 1.74. The van der Waals surface area contributed by atoms with Gasteiger partial charge in [-0.05, 0) is 37.2 Å². The molecule has 0 bridgehead atoms. The van der Waals surface area contributed by atoms with E-state index in [-0.39, 0.29) is 0 Å². The van der Waals surface area contributed by atoms with Crippen LogP contribution in [0.2, 0.25) is 0 Å². The summed E-state index contributed by atoms with van der Waals surface area (Å²) in [5.74, 6) is 0. The predicted molar refractivity (Wildman–Crippen MR) is 73.3 cm³/mol. The molecule has 0 aliphatic carbocycles. The van der Waals surface area contributed by atoms with Crippen molar-refractivity contribution in [2.45, 2.75) is 13.0 Å². The molecule has 3 nitrogen and oxygen atoms in total. The first-order valence-corrected chi connectivity index (χ1v) is 6.71. The lowest BCUT2D eigenvalue weighted by Gasteiger charge is -2.15. The Morgan fingerprint density at radius 1 is 1.39 bits per heavy atom. The summed E-state index contributed by atoms with van der Waals surface area (Å²) in [6, 6.07) is 8.23. The Morgan fingerprint density at radius 2 is 2.17 bits per heavy atom. The lowest BCUT2D eigenvalue weighted by molar-refractivity contribution is 0.334. The van der Waals surface area contributed by atoms with Crippen molar-refractivity contribution in [3.05, 3.63) is 52.0 Å². The molecule has 0 atom stereocenters. The molecule has 0 unspecified atom stereocenters. The second-order valence-electron chi connectivity index (χ2n) is 4.26. The molecular formula is C14H15N3S. The van der Waals surface area contributed by atoms with Crippen molar-refractivity contribution in [2.24, 2.45) is 0 Å². The first-order valence-electron chi connectivity index (χ1n) is 5.83. The van der Waals surface area contributed by atoms with Crippen LogP contribution >= 0.6 is 11.3 Å². The van der Waals surface area contributed by atoms with E-state index in [0.29, 0.717) is 0 Å². The molecule has 92 valence electrons. The van der Waals surface area contributed by atoms with E-state index in [4.69, 9.17) is 5.26 Å². The number of likely N-dealkylation sites (N-methyl/N-ethyl adjacent to an activating group) is 1. The fourth-order valence-corrected chi connectivity index (χ4v) is 2.63. The van der Waals surface area contributed by atoms with Crippen molar-refractivity contribution >= 4 is 11.3 Å². The third-order valence-electron chi connectivity index (χ3n) is 2.74. The van der Waals surface area contributed by atoms with Crippen LogP contribution in [-0.2, 0) is 13.0 Å². The van der Waals surface area contributed by atoms with Crippen LogP contribution in [0.1, 0.15) is 16.0 Å². The normalized spacial score (nSPS) is 10.5. The molecule has 0 radical (unpaired) electrons. The van der Waals surface area contributed by atoms with Crippen molar-refractivity contribution in [1.29, 1.82) is 5.26 Å². The number of nitrogens with zero attached hydrogens (tertiary/aromatic N) is 3. The minimum Gasteiger partial charge on any atom is -0.301 e. The van der Waals surface area contributed by atoms with E-state index in [1.165, 1.54) is 10.4 Å². The zero-order chi connectivity index (χ0) is 12.8. The van der Waals surface area contributed by atoms with Crippen LogP contribution in [0.5, 0.6) is 0 Å². The highest BCUT2D eigenvalue weighted by atomic mass is 32.1. The number of hydrogen-bond acceptors (Lipinski definition) is 4. The molecule has 0 fully saturated rings. The maximum Gasteiger partial charge on any atom is 0.100 e. The fraction of sp³-hybridized carbons (Fsp3) is 0.286. The first kappa shape index (κ1) is 12.7. The van der Waals surface area contributed by atoms with Crippen LogP contribution in [0.15, 0.2) is 36.0 Å². The number of aromatic nitrogens is 1. The molecule has 0 aliphatic rings. The van der Waals surface area contributed by atoms with Gasteiger partial charge in [-0.2, -0.15) is 5.26 Å². The van der Waals surface area contributed by atoms with E-state index in [0.717, 1.165) is 25.1 Å². The number of pyridine rings is 1. The van der Waals surface area contributed by atoms with E-state index in [9.17, 15) is 0 Å². The van der Waals surface area contributed by atoms with Gasteiger partial charge >= 0.3 is 0 Å². The molecule has 4 heteroatoms. The third-order valence-corrected chi connectivity index (χ3v) is 3.66. The topological polar surface area (TPSA) is 39.9 Å². The lowest BCUT2D eigenvalue weighted by atomic mass is 10.2. The highest BCUT2D eigenvalue weighted by molar-refractivity contribution is 7.10. The van der Waals surface area contributed by atoms with Gasteiger partial charge in [-0.25, -0.2) is 0 Å². The Hall–Kier alpha value is -1.70. The van der Waals surface area contributed by atoms with E-state index in [2.05, 4.69) is 23.0 Å². The van der Waals surface area contributed by atoms with Crippen molar-refractivity contribution in [1.82, 2.24) is 9.88 Å². The Morgan fingerprint density at radius 3 is 2.83 bits per heavy atom. The molecule has 2 aromatic heterocycles. The van der Waals surface area contributed by atoms with E-state index in [1.54, 1.807) is 11.3 Å². The van der Waals surface area contributed by atoms with Gasteiger partial charge in [0.15, 0.2) is 0 Å². The Kier molecular flexibility index (Phi) is 4.46. The number of nitriles is 1. The van der Waals surface area contributed by atoms with Gasteiger partial charge in [0.2, 0.25) is 0 Å². The summed E-state index contributed by atoms with van der Waals surface area (Å²) < 4.78 is 0. The Balaban J connectivity index is 1.82. The summed E-state index contributed by atoms with van der Waals surface area (Å²) in [6.07, 6.45) is 4.68. The molecule has 0 spiro atoms. The summed E-state index contributed by atoms with van der Waals surface area (Å²) in [7, 11) is 2.10. The average Bonchev–Trinajstić information content (AvgIpc) is 2.85. The molecule has 0 aliphatic heterocycles. The van der Waals surface area contributed by atoms with Gasteiger partial charge in [0.25, 0.3) is 0 Å². The standard InChI is InChI=1S/C14H15N3S/c1-17(7-4-12-2-5-16-6-3-12)10-14-8-13(9-15)11-18-14/h2-3,5-6,8,11H,4,7,10H2,1H3. The largest absolute Gasteiger partial charge is 0.301 e. The monoisotopic (exact) mass is 257 g/mol. The van der Waals surface area contributed by atoms with Crippen LogP contribution in [0.3, 0.4) is 0 Å². The Bertz CT molecular complexity index is 527. The Labute approximate surface area is 111 Å². The lowest BCUT2D eigenvalue weighted by Crippen LogP contribution is -2.20. The van der Waals surface area contributed by atoms with Crippen LogP contribution in [0.4, 0.5) is 0 Å². The predicted octanol–water partition coefficient (Wildman–Crippen LogP) is 2.69. The molecule has 0 N–H and O–H groups in total. The highest BCUT2D eigenvalue weighted by Crippen LogP contribution is 2.15. The summed E-state index contributed by atoms with van der Waals surface area (Å²) in [4.78, 5) is 7.52. The number of hydrogen-bond donors (Lipinski definition) is 0. The van der Waals surface area contributed by atoms with E-state index >= 15 is 0 Å². The molecule has 0 saturated heterocycles. The van der Waals surface area contributed by atoms with Crippen LogP contribution in [0.25, 0.3) is 0 Å². The minimum atomic E-state index is 0.762. The third kappa shape index (κ3) is 3.66. The quantitative estimate of drug-likeness (QED) is 0.826. The zero-order valence-corrected chi connectivity index (χ0v) is 11.2. The smallest absolute Gasteiger partial charge is 0.100 e. The molecule has 0 amide bonds. The average molecular weight is 257 g/mol. The van der Waals surface area contributed by atoms with Crippen molar-refractivity contribution < 1.29 is 0 Å². The second-order valence-corrected chi connectivity index (χ2v) is 5.25. The summed E-state index contributed by atoms with van der Waals surface area (Å²) in [5.41, 5.74) is 2.07. The zero-order valence-electron chi connectivity index (χ0n) is 10.3. The van der Waals surface area contributed by atoms with Crippen molar-refractivity contribution in [3.8, 4) is 6.07 Å². The van der Waals surface area contributed by atoms with E-state index < -0.39 is 0 Å². The molecule has 2 rings (SSSR count). The molecule has 0 aromatic carbocycles. The number of rotatable bonds is 5. The summed E-state index contributed by atoms with van der Waals surface area (Å²) in [5, 5.41) is 10.7. The maximum atomic E-state index is 8.77. The SMILES string of the molecule is CN(CCc1ccncc1)Cc1cc(C#N)cs1. The molecule has 2 aromatic rings. The maximum absolute atomic E-state index is 8.77. The van der Waals surface area contributed by atoms with Gasteiger partial charge in [0, 0.05) is 35.7 Å². The van der Waals surface area contributed by atoms with Gasteiger partial charge in [-0.15, -0.1) is 11.3 Å². The van der Waals surface area contributed by atoms with Crippen molar-refractivity contribution in [3.63, 3.8) is 0 Å². The van der Waals surface area contributed by atoms with Gasteiger partial charge in [0.05, 0.1) is 5.56 Å². The van der Waals surface area contributed by atoms with Crippen LogP contribution < -0.4 is 0 Å². The molecular weight excluding hydrogens is 242 g/mol. The van der Waals surface area contributed by atoms with Crippen LogP contribution in [-0.4, -0.2) is 23.5 Å². The van der Waals surface area contributed by atoms with E-state index in [1.807, 2.05) is 36.0 Å². The van der Waals surface area contributed by atoms with Crippen LogP contribution in [0, 0.1) is 11.3 Å². The summed E-state index contributed by atoms with van der Waals surface area (Å²) in [6.45, 7) is 1.90. The highest BCUT2D eigenvalue weighted by Gasteiger charge is 2.04. The van der Waals surface area contributed by atoms with Gasteiger partial charge in [0.1, 0.15) is 6.07 Å². The molecule has 0 saturated carbocycles. The summed E-state index contributed by atoms with van der Waals surface area (Å²) >= 11 is 1.65.